The Morgan fingerprint density at radius 2 is 0.970 bits per heavy atom. The van der Waals surface area contributed by atoms with Crippen LogP contribution in [-0.2, 0) is 5.41 Å². The van der Waals surface area contributed by atoms with Crippen LogP contribution in [0.5, 0.6) is 11.5 Å². The second kappa shape index (κ2) is 10.9. The Bertz CT molecular complexity index is 772. The monoisotopic (exact) mass is 460 g/mol. The van der Waals surface area contributed by atoms with Crippen molar-refractivity contribution in [2.75, 3.05) is 26.4 Å². The summed E-state index contributed by atoms with van der Waals surface area (Å²) in [4.78, 5) is 0. The van der Waals surface area contributed by atoms with E-state index >= 15 is 0 Å². The fraction of sp³-hybridized carbons (Fsp3) is 0.556. The molecule has 3 rings (SSSR count). The van der Waals surface area contributed by atoms with Crippen molar-refractivity contribution >= 4 is 0 Å². The van der Waals surface area contributed by atoms with Crippen molar-refractivity contribution in [2.45, 2.75) is 59.2 Å². The van der Waals surface area contributed by atoms with Gasteiger partial charge in [-0.25, -0.2) is 0 Å². The molecule has 1 fully saturated rings. The number of aliphatic hydroxyl groups excluding tert-OH is 4. The van der Waals surface area contributed by atoms with E-state index in [0.717, 1.165) is 11.5 Å². The van der Waals surface area contributed by atoms with Gasteiger partial charge in [0, 0.05) is 16.2 Å². The highest BCUT2D eigenvalue weighted by atomic mass is 16.5. The van der Waals surface area contributed by atoms with Crippen LogP contribution in [0.3, 0.4) is 0 Å². The molecule has 0 spiro atoms. The lowest BCUT2D eigenvalue weighted by Gasteiger charge is -2.59. The molecule has 2 aromatic rings. The van der Waals surface area contributed by atoms with E-state index in [1.54, 1.807) is 0 Å². The molecule has 184 valence electrons. The average Bonchev–Trinajstić information content (AvgIpc) is 2.81. The molecule has 0 aromatic heterocycles. The maximum Gasteiger partial charge on any atom is 0.119 e. The zero-order valence-electron chi connectivity index (χ0n) is 20.7. The lowest BCUT2D eigenvalue weighted by molar-refractivity contribution is -0.247. The van der Waals surface area contributed by atoms with Crippen molar-refractivity contribution < 1.29 is 29.9 Å². The third-order valence-electron chi connectivity index (χ3n) is 6.69. The van der Waals surface area contributed by atoms with Crippen LogP contribution < -0.4 is 9.47 Å². The molecule has 0 bridgehead atoms. The van der Waals surface area contributed by atoms with E-state index in [1.807, 2.05) is 76.2 Å². The zero-order valence-corrected chi connectivity index (χ0v) is 20.7. The maximum absolute atomic E-state index is 9.51. The number of ether oxygens (including phenoxy) is 2. The second-order valence-electron chi connectivity index (χ2n) is 10.3. The highest BCUT2D eigenvalue weighted by molar-refractivity contribution is 5.41. The Kier molecular flexibility index (Phi) is 8.94. The summed E-state index contributed by atoms with van der Waals surface area (Å²) in [5.74, 6) is 1.51. The third-order valence-corrected chi connectivity index (χ3v) is 6.69. The van der Waals surface area contributed by atoms with E-state index in [-0.39, 0.29) is 41.7 Å². The van der Waals surface area contributed by atoms with Crippen LogP contribution in [0, 0.1) is 10.8 Å². The first-order valence-corrected chi connectivity index (χ1v) is 11.4. The Labute approximate surface area is 197 Å². The molecular formula is C27H40O6. The zero-order chi connectivity index (χ0) is 24.9. The van der Waals surface area contributed by atoms with Gasteiger partial charge in [0.25, 0.3) is 0 Å². The molecule has 0 unspecified atom stereocenters. The molecule has 0 amide bonds. The van der Waals surface area contributed by atoms with Gasteiger partial charge in [-0.05, 0) is 35.4 Å². The summed E-state index contributed by atoms with van der Waals surface area (Å²) >= 11 is 0. The molecule has 2 aromatic carbocycles. The molecule has 6 heteroatoms. The van der Waals surface area contributed by atoms with Crippen LogP contribution in [0.15, 0.2) is 48.5 Å². The maximum atomic E-state index is 9.51. The number of benzene rings is 2. The first kappa shape index (κ1) is 27.1. The lowest BCUT2D eigenvalue weighted by atomic mass is 9.51. The van der Waals surface area contributed by atoms with Crippen LogP contribution in [0.2, 0.25) is 0 Å². The normalized spacial score (nSPS) is 20.8. The summed E-state index contributed by atoms with van der Waals surface area (Å²) in [6, 6.07) is 15.9. The predicted octanol–water partition coefficient (Wildman–Crippen LogP) is 3.53. The van der Waals surface area contributed by atoms with Crippen molar-refractivity contribution in [2.24, 2.45) is 10.8 Å². The van der Waals surface area contributed by atoms with Gasteiger partial charge in [0.2, 0.25) is 0 Å². The third kappa shape index (κ3) is 6.07. The number of hydrogen-bond acceptors (Lipinski definition) is 6. The number of rotatable bonds is 8. The van der Waals surface area contributed by atoms with Crippen molar-refractivity contribution in [3.63, 3.8) is 0 Å². The highest BCUT2D eigenvalue weighted by Crippen LogP contribution is 2.53. The number of hydrogen-bond donors (Lipinski definition) is 4. The molecule has 0 heterocycles. The minimum absolute atomic E-state index is 0.0119. The molecule has 6 nitrogen and oxygen atoms in total. The van der Waals surface area contributed by atoms with E-state index < -0.39 is 0 Å². The standard InChI is InChI=1S/C19H24O4.C8H16O2/c1-19(2,15-3-7-17(8-4-15)22-13-11-20)16-5-9-18(10-6-16)23-14-12-21;1-7(2)5(9)8(3,4)6(7)10/h3-10,20-21H,11-14H2,1-2H3;5-6,9-10H,1-4H3. The first-order chi connectivity index (χ1) is 15.4. The van der Waals surface area contributed by atoms with Crippen molar-refractivity contribution in [1.29, 1.82) is 0 Å². The fourth-order valence-corrected chi connectivity index (χ4v) is 4.55. The molecule has 1 aliphatic rings. The minimum atomic E-state index is -0.380. The molecule has 0 atom stereocenters. The van der Waals surface area contributed by atoms with Gasteiger partial charge in [-0.2, -0.15) is 0 Å². The quantitative estimate of drug-likeness (QED) is 0.481. The highest BCUT2D eigenvalue weighted by Gasteiger charge is 2.60. The van der Waals surface area contributed by atoms with Crippen molar-refractivity contribution in [3.05, 3.63) is 59.7 Å². The fourth-order valence-electron chi connectivity index (χ4n) is 4.55. The minimum Gasteiger partial charge on any atom is -0.491 e. The van der Waals surface area contributed by atoms with Crippen molar-refractivity contribution in [1.82, 2.24) is 0 Å². The van der Waals surface area contributed by atoms with Crippen molar-refractivity contribution in [3.8, 4) is 11.5 Å². The second-order valence-corrected chi connectivity index (χ2v) is 10.3. The summed E-state index contributed by atoms with van der Waals surface area (Å²) < 4.78 is 10.8. The van der Waals surface area contributed by atoms with Gasteiger partial charge in [-0.1, -0.05) is 65.8 Å². The summed E-state index contributed by atoms with van der Waals surface area (Å²) in [6.07, 6.45) is -0.759. The summed E-state index contributed by atoms with van der Waals surface area (Å²) in [5.41, 5.74) is 1.58. The van der Waals surface area contributed by atoms with Crippen LogP contribution in [-0.4, -0.2) is 59.1 Å². The lowest BCUT2D eigenvalue weighted by Crippen LogP contribution is -2.67. The summed E-state index contributed by atoms with van der Waals surface area (Å²) in [5, 5.41) is 36.6. The molecule has 0 aliphatic heterocycles. The van der Waals surface area contributed by atoms with E-state index in [1.165, 1.54) is 11.1 Å². The van der Waals surface area contributed by atoms with E-state index in [2.05, 4.69) is 13.8 Å². The Hall–Kier alpha value is -2.12. The van der Waals surface area contributed by atoms with Gasteiger partial charge in [-0.15, -0.1) is 0 Å². The predicted molar refractivity (Wildman–Crippen MR) is 130 cm³/mol. The topological polar surface area (TPSA) is 99.4 Å². The summed E-state index contributed by atoms with van der Waals surface area (Å²) in [6.45, 7) is 12.5. The van der Waals surface area contributed by atoms with Crippen LogP contribution >= 0.6 is 0 Å². The molecule has 4 N–H and O–H groups in total. The number of aliphatic hydroxyl groups is 4. The van der Waals surface area contributed by atoms with Gasteiger partial charge in [-0.3, -0.25) is 0 Å². The van der Waals surface area contributed by atoms with Crippen LogP contribution in [0.1, 0.15) is 52.7 Å². The largest absolute Gasteiger partial charge is 0.491 e. The molecule has 1 aliphatic carbocycles. The Morgan fingerprint density at radius 1 is 0.667 bits per heavy atom. The van der Waals surface area contributed by atoms with Crippen LogP contribution in [0.4, 0.5) is 0 Å². The first-order valence-electron chi connectivity index (χ1n) is 11.4. The molecule has 0 saturated heterocycles. The van der Waals surface area contributed by atoms with E-state index in [9.17, 15) is 10.2 Å². The smallest absolute Gasteiger partial charge is 0.119 e. The van der Waals surface area contributed by atoms with Gasteiger partial charge in [0.15, 0.2) is 0 Å². The van der Waals surface area contributed by atoms with Crippen LogP contribution in [0.25, 0.3) is 0 Å². The average molecular weight is 461 g/mol. The SMILES string of the molecule is CC(C)(c1ccc(OCCO)cc1)c1ccc(OCCO)cc1.CC1(C)C(O)C(C)(C)C1O. The van der Waals surface area contributed by atoms with Gasteiger partial charge >= 0.3 is 0 Å². The molecular weight excluding hydrogens is 420 g/mol. The van der Waals surface area contributed by atoms with Gasteiger partial charge < -0.3 is 29.9 Å². The molecule has 0 radical (unpaired) electrons. The van der Waals surface area contributed by atoms with E-state index in [4.69, 9.17) is 19.7 Å². The van der Waals surface area contributed by atoms with E-state index in [0.29, 0.717) is 13.2 Å². The Morgan fingerprint density at radius 3 is 1.21 bits per heavy atom. The Balaban J connectivity index is 0.000000321. The molecule has 33 heavy (non-hydrogen) atoms. The molecule has 1 saturated carbocycles. The summed E-state index contributed by atoms with van der Waals surface area (Å²) in [7, 11) is 0. The van der Waals surface area contributed by atoms with Gasteiger partial charge in [0.1, 0.15) is 24.7 Å². The van der Waals surface area contributed by atoms with Gasteiger partial charge in [0.05, 0.1) is 25.4 Å².